The van der Waals surface area contributed by atoms with E-state index in [1.165, 1.54) is 0 Å². The number of thiazole rings is 1. The van der Waals surface area contributed by atoms with Crippen molar-refractivity contribution in [3.05, 3.63) is 40.3 Å². The number of halogens is 1. The Balaban J connectivity index is 1.48. The van der Waals surface area contributed by atoms with Gasteiger partial charge in [-0.3, -0.25) is 4.79 Å². The molecule has 0 bridgehead atoms. The monoisotopic (exact) mass is 381 g/mol. The van der Waals surface area contributed by atoms with Gasteiger partial charge in [0.05, 0.1) is 0 Å². The Hall–Kier alpha value is -1.60. The minimum atomic E-state index is 0.0266. The molecule has 2 heterocycles. The number of nitrogens with zero attached hydrogens (tertiary/aromatic N) is 3. The van der Waals surface area contributed by atoms with Crippen molar-refractivity contribution < 1.29 is 9.53 Å². The van der Waals surface area contributed by atoms with E-state index in [1.54, 1.807) is 11.3 Å². The fraction of sp³-hybridized carbons (Fsp3) is 0.333. The van der Waals surface area contributed by atoms with Crippen LogP contribution in [0.3, 0.4) is 0 Å². The first-order valence-electron chi connectivity index (χ1n) is 7.03. The van der Waals surface area contributed by atoms with Crippen LogP contribution in [0.4, 0.5) is 5.13 Å². The first kappa shape index (κ1) is 15.3. The van der Waals surface area contributed by atoms with Gasteiger partial charge in [0.1, 0.15) is 5.75 Å². The summed E-state index contributed by atoms with van der Waals surface area (Å²) in [4.78, 5) is 20.6. The molecule has 116 valence electrons. The smallest absolute Gasteiger partial charge is 0.260 e. The van der Waals surface area contributed by atoms with Crippen LogP contribution in [0.2, 0.25) is 0 Å². The highest BCUT2D eigenvalue weighted by molar-refractivity contribution is 9.10. The molecule has 0 radical (unpaired) electrons. The van der Waals surface area contributed by atoms with Crippen LogP contribution in [0.15, 0.2) is 40.3 Å². The van der Waals surface area contributed by atoms with Crippen LogP contribution in [0, 0.1) is 0 Å². The quantitative estimate of drug-likeness (QED) is 0.816. The molecule has 0 N–H and O–H groups in total. The fourth-order valence-corrected chi connectivity index (χ4v) is 3.39. The van der Waals surface area contributed by atoms with Crippen LogP contribution >= 0.6 is 27.3 Å². The predicted molar refractivity (Wildman–Crippen MR) is 90.5 cm³/mol. The second-order valence-electron chi connectivity index (χ2n) is 4.93. The normalized spacial score (nSPS) is 15.0. The molecule has 0 aliphatic carbocycles. The molecule has 0 spiro atoms. The summed E-state index contributed by atoms with van der Waals surface area (Å²) in [5, 5.41) is 3.00. The van der Waals surface area contributed by atoms with Crippen molar-refractivity contribution >= 4 is 38.3 Å². The van der Waals surface area contributed by atoms with Crippen LogP contribution in [-0.2, 0) is 4.79 Å². The molecule has 1 fully saturated rings. The number of anilines is 1. The molecule has 1 aliphatic heterocycles. The fourth-order valence-electron chi connectivity index (χ4n) is 2.31. The number of hydrogen-bond acceptors (Lipinski definition) is 5. The number of aromatic nitrogens is 1. The lowest BCUT2D eigenvalue weighted by molar-refractivity contribution is -0.133. The number of rotatable bonds is 4. The van der Waals surface area contributed by atoms with Crippen LogP contribution in [0.25, 0.3) is 0 Å². The van der Waals surface area contributed by atoms with E-state index in [0.717, 1.165) is 22.7 Å². The van der Waals surface area contributed by atoms with Gasteiger partial charge in [0.2, 0.25) is 0 Å². The van der Waals surface area contributed by atoms with Crippen LogP contribution in [0.5, 0.6) is 5.75 Å². The van der Waals surface area contributed by atoms with E-state index >= 15 is 0 Å². The summed E-state index contributed by atoms with van der Waals surface area (Å²) in [6.07, 6.45) is 1.81. The number of hydrogen-bond donors (Lipinski definition) is 0. The van der Waals surface area contributed by atoms with Crippen molar-refractivity contribution in [3.8, 4) is 5.75 Å². The molecule has 1 amide bonds. The van der Waals surface area contributed by atoms with Gasteiger partial charge in [-0.05, 0) is 18.2 Å². The highest BCUT2D eigenvalue weighted by Crippen LogP contribution is 2.20. The van der Waals surface area contributed by atoms with Crippen LogP contribution < -0.4 is 9.64 Å². The summed E-state index contributed by atoms with van der Waals surface area (Å²) in [5.74, 6) is 0.725. The zero-order valence-corrected chi connectivity index (χ0v) is 14.3. The number of amides is 1. The molecule has 1 aliphatic rings. The Morgan fingerprint density at radius 2 is 2.14 bits per heavy atom. The van der Waals surface area contributed by atoms with Crippen molar-refractivity contribution in [2.75, 3.05) is 37.7 Å². The lowest BCUT2D eigenvalue weighted by atomic mass is 10.3. The van der Waals surface area contributed by atoms with E-state index in [2.05, 4.69) is 25.8 Å². The Bertz CT molecular complexity index is 627. The zero-order valence-electron chi connectivity index (χ0n) is 11.9. The van der Waals surface area contributed by atoms with Gasteiger partial charge in [-0.2, -0.15) is 0 Å². The van der Waals surface area contributed by atoms with E-state index in [4.69, 9.17) is 4.74 Å². The van der Waals surface area contributed by atoms with E-state index < -0.39 is 0 Å². The number of piperazine rings is 1. The van der Waals surface area contributed by atoms with Gasteiger partial charge >= 0.3 is 0 Å². The van der Waals surface area contributed by atoms with Crippen LogP contribution in [-0.4, -0.2) is 48.6 Å². The lowest BCUT2D eigenvalue weighted by Gasteiger charge is -2.34. The van der Waals surface area contributed by atoms with Gasteiger partial charge in [0.25, 0.3) is 5.91 Å². The Morgan fingerprint density at radius 3 is 2.82 bits per heavy atom. The molecule has 1 aromatic carbocycles. The van der Waals surface area contributed by atoms with Gasteiger partial charge in [0.15, 0.2) is 11.7 Å². The maximum atomic E-state index is 12.2. The van der Waals surface area contributed by atoms with Crippen LogP contribution in [0.1, 0.15) is 0 Å². The SMILES string of the molecule is O=C(COc1cccc(Br)c1)N1CCN(c2nccs2)CC1. The molecule has 1 aromatic heterocycles. The summed E-state index contributed by atoms with van der Waals surface area (Å²) in [7, 11) is 0. The van der Waals surface area contributed by atoms with Gasteiger partial charge in [-0.25, -0.2) is 4.98 Å². The number of ether oxygens (including phenoxy) is 1. The number of carbonyl (C=O) groups is 1. The molecule has 7 heteroatoms. The van der Waals surface area contributed by atoms with Crippen molar-refractivity contribution in [1.29, 1.82) is 0 Å². The molecule has 3 rings (SSSR count). The molecule has 22 heavy (non-hydrogen) atoms. The average Bonchev–Trinajstić information content (AvgIpc) is 3.07. The molecule has 2 aromatic rings. The van der Waals surface area contributed by atoms with E-state index in [-0.39, 0.29) is 12.5 Å². The molecule has 0 atom stereocenters. The average molecular weight is 382 g/mol. The molecule has 5 nitrogen and oxygen atoms in total. The third-order valence-electron chi connectivity index (χ3n) is 3.48. The largest absolute Gasteiger partial charge is 0.484 e. The third-order valence-corrected chi connectivity index (χ3v) is 4.81. The zero-order chi connectivity index (χ0) is 15.4. The van der Waals surface area contributed by atoms with Gasteiger partial charge in [-0.15, -0.1) is 11.3 Å². The van der Waals surface area contributed by atoms with Crippen molar-refractivity contribution in [3.63, 3.8) is 0 Å². The third kappa shape index (κ3) is 3.78. The van der Waals surface area contributed by atoms with E-state index in [0.29, 0.717) is 18.8 Å². The first-order chi connectivity index (χ1) is 10.7. The highest BCUT2D eigenvalue weighted by Gasteiger charge is 2.22. The molecule has 1 saturated heterocycles. The van der Waals surface area contributed by atoms with Gasteiger partial charge in [-0.1, -0.05) is 22.0 Å². The van der Waals surface area contributed by atoms with Crippen molar-refractivity contribution in [2.45, 2.75) is 0 Å². The van der Waals surface area contributed by atoms with E-state index in [1.807, 2.05) is 40.7 Å². The van der Waals surface area contributed by atoms with Gasteiger partial charge < -0.3 is 14.5 Å². The second-order valence-corrected chi connectivity index (χ2v) is 6.72. The topological polar surface area (TPSA) is 45.7 Å². The summed E-state index contributed by atoms with van der Waals surface area (Å²) in [5.41, 5.74) is 0. The summed E-state index contributed by atoms with van der Waals surface area (Å²) < 4.78 is 6.50. The highest BCUT2D eigenvalue weighted by atomic mass is 79.9. The summed E-state index contributed by atoms with van der Waals surface area (Å²) in [6, 6.07) is 7.51. The Kier molecular flexibility index (Phi) is 4.94. The van der Waals surface area contributed by atoms with Gasteiger partial charge in [0, 0.05) is 42.2 Å². The number of benzene rings is 1. The summed E-state index contributed by atoms with van der Waals surface area (Å²) in [6.45, 7) is 3.13. The Labute approximate surface area is 141 Å². The minimum Gasteiger partial charge on any atom is -0.484 e. The summed E-state index contributed by atoms with van der Waals surface area (Å²) >= 11 is 5.02. The molecule has 0 saturated carbocycles. The first-order valence-corrected chi connectivity index (χ1v) is 8.70. The maximum Gasteiger partial charge on any atom is 0.260 e. The molecular formula is C15H16BrN3O2S. The second kappa shape index (κ2) is 7.11. The minimum absolute atomic E-state index is 0.0266. The maximum absolute atomic E-state index is 12.2. The standard InChI is InChI=1S/C15H16BrN3O2S/c16-12-2-1-3-13(10-12)21-11-14(20)18-5-7-19(8-6-18)15-17-4-9-22-15/h1-4,9-10H,5-8,11H2. The molecule has 0 unspecified atom stereocenters. The Morgan fingerprint density at radius 1 is 1.32 bits per heavy atom. The number of carbonyl (C=O) groups excluding carboxylic acids is 1. The van der Waals surface area contributed by atoms with E-state index in [9.17, 15) is 4.79 Å². The predicted octanol–water partition coefficient (Wildman–Crippen LogP) is 2.63. The van der Waals surface area contributed by atoms with Crippen molar-refractivity contribution in [1.82, 2.24) is 9.88 Å². The lowest BCUT2D eigenvalue weighted by Crippen LogP contribution is -2.50. The van der Waals surface area contributed by atoms with Crippen molar-refractivity contribution in [2.24, 2.45) is 0 Å². The molecular weight excluding hydrogens is 366 g/mol.